The van der Waals surface area contributed by atoms with Crippen molar-refractivity contribution in [2.45, 2.75) is 75.1 Å². The molecule has 3 fully saturated rings. The van der Waals surface area contributed by atoms with E-state index in [9.17, 15) is 4.79 Å². The Balaban J connectivity index is 1.46. The summed E-state index contributed by atoms with van der Waals surface area (Å²) in [6.45, 7) is 8.22. The largest absolute Gasteiger partial charge is 0.494 e. The summed E-state index contributed by atoms with van der Waals surface area (Å²) in [5, 5.41) is 1.41. The van der Waals surface area contributed by atoms with Gasteiger partial charge < -0.3 is 9.31 Å². The minimum absolute atomic E-state index is 0.210. The van der Waals surface area contributed by atoms with Gasteiger partial charge in [-0.25, -0.2) is 0 Å². The third-order valence-corrected chi connectivity index (χ3v) is 8.01. The van der Waals surface area contributed by atoms with Crippen LogP contribution in [0.5, 0.6) is 0 Å². The maximum Gasteiger partial charge on any atom is 0.494 e. The molecule has 4 rings (SSSR count). The molecule has 0 N–H and O–H groups in total. The minimum Gasteiger partial charge on any atom is -0.399 e. The normalized spacial score (nSPS) is 32.8. The second-order valence-electron chi connectivity index (χ2n) is 8.70. The highest BCUT2D eigenvalue weighted by atomic mass is 32.2. The number of carbonyl (C=O) groups is 1. The fourth-order valence-corrected chi connectivity index (χ4v) is 5.87. The number of Topliss-reactive ketones (excluding diaryl/α,β-unsaturated/α-hetero) is 1. The lowest BCUT2D eigenvalue weighted by molar-refractivity contribution is 0.00578. The first-order valence-corrected chi connectivity index (χ1v) is 10.3. The summed E-state index contributed by atoms with van der Waals surface area (Å²) in [6.07, 6.45) is 4.69. The molecule has 25 heavy (non-hydrogen) atoms. The van der Waals surface area contributed by atoms with E-state index in [1.807, 2.05) is 24.3 Å². The van der Waals surface area contributed by atoms with E-state index in [0.717, 1.165) is 23.9 Å². The van der Waals surface area contributed by atoms with Crippen LogP contribution < -0.4 is 5.46 Å². The van der Waals surface area contributed by atoms with Crippen molar-refractivity contribution in [2.75, 3.05) is 0 Å². The summed E-state index contributed by atoms with van der Waals surface area (Å²) in [4.78, 5) is 12.9. The zero-order valence-corrected chi connectivity index (χ0v) is 16.4. The van der Waals surface area contributed by atoms with E-state index >= 15 is 0 Å². The number of rotatable bonds is 3. The minimum atomic E-state index is -0.365. The van der Waals surface area contributed by atoms with E-state index < -0.39 is 0 Å². The molecule has 0 spiro atoms. The molecule has 3 aliphatic rings. The Morgan fingerprint density at radius 3 is 2.04 bits per heavy atom. The summed E-state index contributed by atoms with van der Waals surface area (Å²) >= 11 is 2.10. The van der Waals surface area contributed by atoms with Crippen molar-refractivity contribution >= 4 is 30.1 Å². The number of benzene rings is 1. The second-order valence-corrected chi connectivity index (χ2v) is 10.3. The first kappa shape index (κ1) is 17.6. The average molecular weight is 358 g/mol. The van der Waals surface area contributed by atoms with E-state index in [-0.39, 0.29) is 24.2 Å². The van der Waals surface area contributed by atoms with Gasteiger partial charge >= 0.3 is 7.12 Å². The Hall–Kier alpha value is -0.775. The van der Waals surface area contributed by atoms with Crippen molar-refractivity contribution in [3.63, 3.8) is 0 Å². The lowest BCUT2D eigenvalue weighted by Gasteiger charge is -2.32. The lowest BCUT2D eigenvalue weighted by atomic mass is 9.78. The van der Waals surface area contributed by atoms with Crippen LogP contribution in [0.4, 0.5) is 0 Å². The fraction of sp³-hybridized carbons (Fsp3) is 0.650. The molecule has 0 aliphatic carbocycles. The summed E-state index contributed by atoms with van der Waals surface area (Å²) in [5.41, 5.74) is 1.13. The maximum atomic E-state index is 12.9. The Bertz CT molecular complexity index is 642. The van der Waals surface area contributed by atoms with Gasteiger partial charge in [-0.1, -0.05) is 24.3 Å². The van der Waals surface area contributed by atoms with E-state index in [1.54, 1.807) is 0 Å². The number of fused-ring (bicyclic) bond motifs is 2. The van der Waals surface area contributed by atoms with Gasteiger partial charge in [0, 0.05) is 22.0 Å². The number of hydrogen-bond acceptors (Lipinski definition) is 4. The molecule has 134 valence electrons. The van der Waals surface area contributed by atoms with Gasteiger partial charge in [0.15, 0.2) is 5.78 Å². The first-order chi connectivity index (χ1) is 11.7. The van der Waals surface area contributed by atoms with Gasteiger partial charge in [0.2, 0.25) is 0 Å². The molecule has 0 saturated carbocycles. The molecule has 0 aromatic heterocycles. The van der Waals surface area contributed by atoms with Gasteiger partial charge in [-0.05, 0) is 58.8 Å². The van der Waals surface area contributed by atoms with Gasteiger partial charge in [0.25, 0.3) is 0 Å². The first-order valence-electron chi connectivity index (χ1n) is 9.40. The molecular formula is C20H27BO3S. The van der Waals surface area contributed by atoms with Crippen LogP contribution in [0.2, 0.25) is 0 Å². The van der Waals surface area contributed by atoms with Crippen LogP contribution >= 0.6 is 11.8 Å². The van der Waals surface area contributed by atoms with Crippen molar-refractivity contribution < 1.29 is 14.1 Å². The molecule has 3 saturated heterocycles. The molecular weight excluding hydrogens is 331 g/mol. The molecule has 1 aromatic carbocycles. The number of thioether (sulfide) groups is 1. The van der Waals surface area contributed by atoms with Gasteiger partial charge in [-0.15, -0.1) is 0 Å². The summed E-state index contributed by atoms with van der Waals surface area (Å²) in [7, 11) is -0.365. The number of hydrogen-bond donors (Lipinski definition) is 0. The molecule has 3 nitrogen and oxygen atoms in total. The van der Waals surface area contributed by atoms with Crippen molar-refractivity contribution in [1.29, 1.82) is 0 Å². The molecule has 1 aromatic rings. The fourth-order valence-electron chi connectivity index (χ4n) is 4.09. The molecule has 3 aliphatic heterocycles. The summed E-state index contributed by atoms with van der Waals surface area (Å²) < 4.78 is 12.2. The van der Waals surface area contributed by atoms with Crippen LogP contribution in [0.1, 0.15) is 63.7 Å². The topological polar surface area (TPSA) is 35.5 Å². The monoisotopic (exact) mass is 358 g/mol. The third-order valence-electron chi connectivity index (χ3n) is 6.38. The Morgan fingerprint density at radius 2 is 1.52 bits per heavy atom. The Morgan fingerprint density at radius 1 is 1.00 bits per heavy atom. The zero-order valence-electron chi connectivity index (χ0n) is 15.6. The van der Waals surface area contributed by atoms with Crippen molar-refractivity contribution in [2.24, 2.45) is 5.92 Å². The van der Waals surface area contributed by atoms with Crippen LogP contribution in [0.3, 0.4) is 0 Å². The van der Waals surface area contributed by atoms with E-state index in [0.29, 0.717) is 16.3 Å². The van der Waals surface area contributed by atoms with Gasteiger partial charge in [0.05, 0.1) is 11.2 Å². The molecule has 5 heteroatoms. The number of ketones is 1. The average Bonchev–Trinajstić information content (AvgIpc) is 3.01. The van der Waals surface area contributed by atoms with Crippen molar-refractivity contribution in [3.8, 4) is 0 Å². The lowest BCUT2D eigenvalue weighted by Crippen LogP contribution is -2.41. The quantitative estimate of drug-likeness (QED) is 0.608. The van der Waals surface area contributed by atoms with E-state index in [1.165, 1.54) is 12.8 Å². The predicted octanol–water partition coefficient (Wildman–Crippen LogP) is 3.84. The van der Waals surface area contributed by atoms with Crippen LogP contribution in [0, 0.1) is 5.92 Å². The molecule has 2 unspecified atom stereocenters. The molecule has 2 bridgehead atoms. The highest BCUT2D eigenvalue weighted by Crippen LogP contribution is 2.46. The summed E-state index contributed by atoms with van der Waals surface area (Å²) in [6, 6.07) is 7.88. The van der Waals surface area contributed by atoms with Crippen molar-refractivity contribution in [1.82, 2.24) is 0 Å². The maximum absolute atomic E-state index is 12.9. The molecule has 3 heterocycles. The summed E-state index contributed by atoms with van der Waals surface area (Å²) in [5.74, 6) is 0.527. The highest BCUT2D eigenvalue weighted by molar-refractivity contribution is 8.00. The third kappa shape index (κ3) is 3.20. The Labute approximate surface area is 155 Å². The molecule has 0 radical (unpaired) electrons. The van der Waals surface area contributed by atoms with Crippen LogP contribution in [-0.2, 0) is 9.31 Å². The van der Waals surface area contributed by atoms with Gasteiger partial charge in [-0.2, -0.15) is 11.8 Å². The zero-order chi connectivity index (χ0) is 17.8. The standard InChI is InChI=1S/C20H27BO3S/c1-19(2)20(3,4)24-21(23-19)15-7-5-13(6-8-15)18(22)14-11-16-9-10-17(12-14)25-16/h5-8,14,16-17H,9-12H2,1-4H3. The molecule has 2 atom stereocenters. The molecule has 0 amide bonds. The van der Waals surface area contributed by atoms with Crippen LogP contribution in [0.15, 0.2) is 24.3 Å². The second kappa shape index (κ2) is 6.14. The van der Waals surface area contributed by atoms with E-state index in [4.69, 9.17) is 9.31 Å². The number of carbonyl (C=O) groups excluding carboxylic acids is 1. The highest BCUT2D eigenvalue weighted by Gasteiger charge is 2.51. The smallest absolute Gasteiger partial charge is 0.399 e. The van der Waals surface area contributed by atoms with Gasteiger partial charge in [-0.3, -0.25) is 4.79 Å². The van der Waals surface area contributed by atoms with Crippen LogP contribution in [-0.4, -0.2) is 34.6 Å². The SMILES string of the molecule is CC1(C)OB(c2ccc(C(=O)C3CC4CCC(C3)S4)cc2)OC1(C)C. The predicted molar refractivity (Wildman–Crippen MR) is 104 cm³/mol. The van der Waals surface area contributed by atoms with Crippen molar-refractivity contribution in [3.05, 3.63) is 29.8 Å². The van der Waals surface area contributed by atoms with Gasteiger partial charge in [0.1, 0.15) is 0 Å². The Kier molecular flexibility index (Phi) is 4.33. The van der Waals surface area contributed by atoms with E-state index in [2.05, 4.69) is 39.5 Å². The van der Waals surface area contributed by atoms with Crippen LogP contribution in [0.25, 0.3) is 0 Å².